The second-order valence-corrected chi connectivity index (χ2v) is 7.67. The van der Waals surface area contributed by atoms with Crippen molar-refractivity contribution < 1.29 is 4.79 Å². The summed E-state index contributed by atoms with van der Waals surface area (Å²) in [6.07, 6.45) is 5.46. The van der Waals surface area contributed by atoms with Gasteiger partial charge in [0.05, 0.1) is 11.7 Å². The average molecular weight is 333 g/mol. The zero-order valence-corrected chi connectivity index (χ0v) is 14.7. The summed E-state index contributed by atoms with van der Waals surface area (Å²) >= 11 is 1.63. The first-order valence-corrected chi connectivity index (χ1v) is 9.10. The van der Waals surface area contributed by atoms with Crippen LogP contribution in [-0.2, 0) is 24.2 Å². The van der Waals surface area contributed by atoms with Gasteiger partial charge in [0.15, 0.2) is 0 Å². The largest absolute Gasteiger partial charge is 0.352 e. The van der Waals surface area contributed by atoms with Gasteiger partial charge in [0, 0.05) is 10.9 Å². The summed E-state index contributed by atoms with van der Waals surface area (Å²) in [4.78, 5) is 31.4. The number of carbonyl (C=O) groups is 1. The molecule has 2 atom stereocenters. The van der Waals surface area contributed by atoms with E-state index in [0.717, 1.165) is 41.5 Å². The molecule has 0 fully saturated rings. The second kappa shape index (κ2) is 6.43. The number of carbonyl (C=O) groups excluding carboxylic acids is 1. The van der Waals surface area contributed by atoms with Crippen LogP contribution in [0.2, 0.25) is 0 Å². The number of nitrogens with one attached hydrogen (secondary N) is 1. The predicted molar refractivity (Wildman–Crippen MR) is 93.0 cm³/mol. The van der Waals surface area contributed by atoms with Crippen molar-refractivity contribution in [2.24, 2.45) is 5.92 Å². The molecule has 0 bridgehead atoms. The molecule has 0 radical (unpaired) electrons. The SMILES string of the molecule is CCC(C)NC(=O)Cn1cnc2sc3c(c2c1=O)CCC(C)C3. The van der Waals surface area contributed by atoms with Crippen molar-refractivity contribution in [1.29, 1.82) is 0 Å². The lowest BCUT2D eigenvalue weighted by Gasteiger charge is -2.17. The lowest BCUT2D eigenvalue weighted by molar-refractivity contribution is -0.122. The van der Waals surface area contributed by atoms with E-state index >= 15 is 0 Å². The first-order chi connectivity index (χ1) is 11.0. The molecule has 0 saturated heterocycles. The summed E-state index contributed by atoms with van der Waals surface area (Å²) in [5, 5.41) is 3.62. The Morgan fingerprint density at radius 3 is 3.09 bits per heavy atom. The van der Waals surface area contributed by atoms with E-state index in [-0.39, 0.29) is 24.1 Å². The summed E-state index contributed by atoms with van der Waals surface area (Å²) in [6, 6.07) is 0.116. The van der Waals surface area contributed by atoms with Crippen LogP contribution in [0.25, 0.3) is 10.2 Å². The van der Waals surface area contributed by atoms with Crippen LogP contribution in [-0.4, -0.2) is 21.5 Å². The van der Waals surface area contributed by atoms with Gasteiger partial charge in [-0.05, 0) is 44.1 Å². The Hall–Kier alpha value is -1.69. The summed E-state index contributed by atoms with van der Waals surface area (Å²) in [6.45, 7) is 6.26. The Morgan fingerprint density at radius 1 is 1.57 bits per heavy atom. The van der Waals surface area contributed by atoms with Crippen LogP contribution >= 0.6 is 11.3 Å². The van der Waals surface area contributed by atoms with Gasteiger partial charge in [-0.15, -0.1) is 11.3 Å². The minimum absolute atomic E-state index is 0.0349. The van der Waals surface area contributed by atoms with Crippen molar-refractivity contribution in [1.82, 2.24) is 14.9 Å². The Balaban J connectivity index is 1.93. The minimum Gasteiger partial charge on any atom is -0.352 e. The second-order valence-electron chi connectivity index (χ2n) is 6.59. The maximum atomic E-state index is 12.8. The van der Waals surface area contributed by atoms with E-state index in [9.17, 15) is 9.59 Å². The van der Waals surface area contributed by atoms with Crippen molar-refractivity contribution in [3.8, 4) is 0 Å². The molecule has 2 unspecified atom stereocenters. The molecule has 0 aliphatic heterocycles. The topological polar surface area (TPSA) is 64.0 Å². The fourth-order valence-corrected chi connectivity index (χ4v) is 4.40. The highest BCUT2D eigenvalue weighted by Crippen LogP contribution is 2.35. The third kappa shape index (κ3) is 3.17. The number of aromatic nitrogens is 2. The fraction of sp³-hybridized carbons (Fsp3) is 0.588. The predicted octanol–water partition coefficient (Wildman–Crippen LogP) is 2.50. The van der Waals surface area contributed by atoms with Crippen LogP contribution in [0.4, 0.5) is 0 Å². The Bertz CT molecular complexity index is 793. The Morgan fingerprint density at radius 2 is 2.35 bits per heavy atom. The zero-order chi connectivity index (χ0) is 16.6. The number of nitrogens with zero attached hydrogens (tertiary/aromatic N) is 2. The molecule has 2 aromatic heterocycles. The normalized spacial score (nSPS) is 18.7. The molecule has 5 nitrogen and oxygen atoms in total. The van der Waals surface area contributed by atoms with E-state index in [1.165, 1.54) is 15.8 Å². The van der Waals surface area contributed by atoms with Gasteiger partial charge >= 0.3 is 0 Å². The number of amides is 1. The molecular formula is C17H23N3O2S. The van der Waals surface area contributed by atoms with Gasteiger partial charge in [-0.3, -0.25) is 14.2 Å². The van der Waals surface area contributed by atoms with Crippen LogP contribution < -0.4 is 10.9 Å². The maximum absolute atomic E-state index is 12.8. The monoisotopic (exact) mass is 333 g/mol. The molecule has 0 aromatic carbocycles. The van der Waals surface area contributed by atoms with Gasteiger partial charge in [0.25, 0.3) is 5.56 Å². The van der Waals surface area contributed by atoms with Gasteiger partial charge in [-0.25, -0.2) is 4.98 Å². The summed E-state index contributed by atoms with van der Waals surface area (Å²) in [5.74, 6) is 0.527. The third-order valence-electron chi connectivity index (χ3n) is 4.62. The van der Waals surface area contributed by atoms with Crippen molar-refractivity contribution in [3.63, 3.8) is 0 Å². The van der Waals surface area contributed by atoms with E-state index in [4.69, 9.17) is 0 Å². The fourth-order valence-electron chi connectivity index (χ4n) is 3.06. The van der Waals surface area contributed by atoms with Crippen molar-refractivity contribution in [2.45, 2.75) is 59.0 Å². The molecule has 3 rings (SSSR count). The first-order valence-electron chi connectivity index (χ1n) is 8.28. The number of hydrogen-bond acceptors (Lipinski definition) is 4. The van der Waals surface area contributed by atoms with Crippen LogP contribution in [0.5, 0.6) is 0 Å². The van der Waals surface area contributed by atoms with Crippen LogP contribution in [0.1, 0.15) is 44.1 Å². The lowest BCUT2D eigenvalue weighted by Crippen LogP contribution is -2.37. The van der Waals surface area contributed by atoms with Crippen molar-refractivity contribution >= 4 is 27.5 Å². The third-order valence-corrected chi connectivity index (χ3v) is 5.78. The number of aryl methyl sites for hydroxylation is 1. The highest BCUT2D eigenvalue weighted by molar-refractivity contribution is 7.18. The molecule has 1 aliphatic rings. The number of fused-ring (bicyclic) bond motifs is 3. The average Bonchev–Trinajstić information content (AvgIpc) is 2.88. The van der Waals surface area contributed by atoms with Crippen LogP contribution in [0.3, 0.4) is 0 Å². The molecule has 0 spiro atoms. The Labute approximate surface area is 139 Å². The number of rotatable bonds is 4. The number of thiophene rings is 1. The van der Waals surface area contributed by atoms with E-state index in [1.54, 1.807) is 11.3 Å². The van der Waals surface area contributed by atoms with Crippen LogP contribution in [0, 0.1) is 5.92 Å². The highest BCUT2D eigenvalue weighted by atomic mass is 32.1. The summed E-state index contributed by atoms with van der Waals surface area (Å²) in [7, 11) is 0. The van der Waals surface area contributed by atoms with E-state index < -0.39 is 0 Å². The minimum atomic E-state index is -0.139. The molecule has 124 valence electrons. The van der Waals surface area contributed by atoms with Gasteiger partial charge in [0.2, 0.25) is 5.91 Å². The van der Waals surface area contributed by atoms with Gasteiger partial charge in [-0.2, -0.15) is 0 Å². The molecule has 2 heterocycles. The molecule has 1 N–H and O–H groups in total. The maximum Gasteiger partial charge on any atom is 0.262 e. The van der Waals surface area contributed by atoms with E-state index in [2.05, 4.69) is 17.2 Å². The molecular weight excluding hydrogens is 310 g/mol. The molecule has 2 aromatic rings. The molecule has 1 aliphatic carbocycles. The van der Waals surface area contributed by atoms with Gasteiger partial charge in [-0.1, -0.05) is 13.8 Å². The zero-order valence-electron chi connectivity index (χ0n) is 13.9. The van der Waals surface area contributed by atoms with E-state index in [0.29, 0.717) is 5.92 Å². The van der Waals surface area contributed by atoms with Gasteiger partial charge < -0.3 is 5.32 Å². The summed E-state index contributed by atoms with van der Waals surface area (Å²) in [5.41, 5.74) is 1.08. The quantitative estimate of drug-likeness (QED) is 0.935. The Kier molecular flexibility index (Phi) is 4.53. The van der Waals surface area contributed by atoms with Crippen molar-refractivity contribution in [3.05, 3.63) is 27.1 Å². The van der Waals surface area contributed by atoms with E-state index in [1.807, 2.05) is 13.8 Å². The van der Waals surface area contributed by atoms with Crippen LogP contribution in [0.15, 0.2) is 11.1 Å². The standard InChI is InChI=1S/C17H23N3O2S/c1-4-11(3)19-14(21)8-20-9-18-16-15(17(20)22)12-6-5-10(2)7-13(12)23-16/h9-11H,4-8H2,1-3H3,(H,19,21). The molecule has 23 heavy (non-hydrogen) atoms. The molecule has 0 saturated carbocycles. The molecule has 1 amide bonds. The first kappa shape index (κ1) is 16.2. The van der Waals surface area contributed by atoms with Crippen molar-refractivity contribution in [2.75, 3.05) is 0 Å². The lowest BCUT2D eigenvalue weighted by atomic mass is 9.89. The smallest absolute Gasteiger partial charge is 0.262 e. The highest BCUT2D eigenvalue weighted by Gasteiger charge is 2.23. The van der Waals surface area contributed by atoms with Gasteiger partial charge in [0.1, 0.15) is 11.4 Å². The molecule has 6 heteroatoms. The number of hydrogen-bond donors (Lipinski definition) is 1. The summed E-state index contributed by atoms with van der Waals surface area (Å²) < 4.78 is 1.44.